The lowest BCUT2D eigenvalue weighted by Gasteiger charge is -2.36. The van der Waals surface area contributed by atoms with Crippen molar-refractivity contribution < 1.29 is 14.4 Å². The predicted octanol–water partition coefficient (Wildman–Crippen LogP) is 4.07. The summed E-state index contributed by atoms with van der Waals surface area (Å²) < 4.78 is 0. The van der Waals surface area contributed by atoms with E-state index in [4.69, 9.17) is 0 Å². The maximum Gasteiger partial charge on any atom is 0.270 e. The van der Waals surface area contributed by atoms with Crippen LogP contribution in [0.1, 0.15) is 32.5 Å². The third-order valence-corrected chi connectivity index (χ3v) is 6.37. The number of ketones is 1. The molecule has 0 atom stereocenters. The summed E-state index contributed by atoms with van der Waals surface area (Å²) >= 11 is 1.51. The molecule has 7 heteroatoms. The Kier molecular flexibility index (Phi) is 7.00. The summed E-state index contributed by atoms with van der Waals surface area (Å²) in [5.74, 6) is -0.463. The molecule has 1 N–H and O–H groups in total. The summed E-state index contributed by atoms with van der Waals surface area (Å²) in [7, 11) is 0. The van der Waals surface area contributed by atoms with Crippen molar-refractivity contribution in [3.05, 3.63) is 93.8 Å². The third kappa shape index (κ3) is 5.56. The molecule has 0 unspecified atom stereocenters. The molecule has 33 heavy (non-hydrogen) atoms. The first-order valence-corrected chi connectivity index (χ1v) is 11.7. The minimum atomic E-state index is -0.309. The van der Waals surface area contributed by atoms with E-state index in [2.05, 4.69) is 10.2 Å². The van der Waals surface area contributed by atoms with Gasteiger partial charge in [-0.05, 0) is 60.8 Å². The molecule has 0 radical (unpaired) electrons. The van der Waals surface area contributed by atoms with E-state index in [0.717, 1.165) is 10.6 Å². The van der Waals surface area contributed by atoms with Gasteiger partial charge in [-0.15, -0.1) is 11.3 Å². The van der Waals surface area contributed by atoms with Crippen LogP contribution in [0, 0.1) is 0 Å². The van der Waals surface area contributed by atoms with E-state index in [1.807, 2.05) is 47.8 Å². The number of nitrogens with one attached hydrogen (secondary N) is 1. The molecule has 1 saturated heterocycles. The van der Waals surface area contributed by atoms with Crippen molar-refractivity contribution in [3.8, 4) is 0 Å². The number of amides is 2. The smallest absolute Gasteiger partial charge is 0.270 e. The van der Waals surface area contributed by atoms with Crippen molar-refractivity contribution in [2.45, 2.75) is 6.92 Å². The van der Waals surface area contributed by atoms with Gasteiger partial charge in [-0.2, -0.15) is 0 Å². The largest absolute Gasteiger partial charge is 0.368 e. The average Bonchev–Trinajstić information content (AvgIpc) is 3.37. The monoisotopic (exact) mass is 459 g/mol. The Morgan fingerprint density at radius 2 is 1.55 bits per heavy atom. The van der Waals surface area contributed by atoms with Crippen LogP contribution in [-0.4, -0.2) is 48.7 Å². The summed E-state index contributed by atoms with van der Waals surface area (Å²) in [5, 5.41) is 4.75. The number of anilines is 1. The lowest BCUT2D eigenvalue weighted by atomic mass is 10.1. The molecule has 0 aliphatic carbocycles. The number of piperazine rings is 1. The molecule has 2 heterocycles. The fraction of sp³-hybridized carbons (Fsp3) is 0.192. The van der Waals surface area contributed by atoms with Crippen LogP contribution in [0.3, 0.4) is 0 Å². The van der Waals surface area contributed by atoms with Gasteiger partial charge in [0.2, 0.25) is 0 Å². The van der Waals surface area contributed by atoms with Crippen LogP contribution in [0.25, 0.3) is 6.08 Å². The summed E-state index contributed by atoms with van der Waals surface area (Å²) in [6.07, 6.45) is 1.74. The first kappa shape index (κ1) is 22.5. The number of nitrogens with zero attached hydrogens (tertiary/aromatic N) is 2. The van der Waals surface area contributed by atoms with E-state index in [1.165, 1.54) is 11.3 Å². The Morgan fingerprint density at radius 1 is 0.848 bits per heavy atom. The van der Waals surface area contributed by atoms with Gasteiger partial charge < -0.3 is 15.1 Å². The van der Waals surface area contributed by atoms with Gasteiger partial charge in [0.15, 0.2) is 5.78 Å². The van der Waals surface area contributed by atoms with Crippen LogP contribution in [0.5, 0.6) is 0 Å². The quantitative estimate of drug-likeness (QED) is 0.446. The van der Waals surface area contributed by atoms with Crippen LogP contribution in [0.2, 0.25) is 0 Å². The van der Waals surface area contributed by atoms with Crippen LogP contribution >= 0.6 is 11.3 Å². The lowest BCUT2D eigenvalue weighted by molar-refractivity contribution is -0.127. The summed E-state index contributed by atoms with van der Waals surface area (Å²) in [4.78, 5) is 42.4. The summed E-state index contributed by atoms with van der Waals surface area (Å²) in [6, 6.07) is 20.2. The second-order valence-corrected chi connectivity index (χ2v) is 8.76. The van der Waals surface area contributed by atoms with Gasteiger partial charge in [-0.1, -0.05) is 24.3 Å². The fourth-order valence-corrected chi connectivity index (χ4v) is 4.35. The first-order chi connectivity index (χ1) is 16.0. The SMILES string of the molecule is CC(=O)c1ccc(N2CCN(C(=O)/C(=C/c3cccs3)NC(=O)c3ccccc3)CC2)cc1. The molecule has 0 spiro atoms. The normalized spacial score (nSPS) is 14.2. The van der Waals surface area contributed by atoms with E-state index in [-0.39, 0.29) is 23.3 Å². The molecule has 4 rings (SSSR count). The van der Waals surface area contributed by atoms with Gasteiger partial charge >= 0.3 is 0 Å². The second-order valence-electron chi connectivity index (χ2n) is 7.78. The minimum Gasteiger partial charge on any atom is -0.368 e. The molecule has 168 valence electrons. The van der Waals surface area contributed by atoms with Gasteiger partial charge in [0.1, 0.15) is 5.70 Å². The van der Waals surface area contributed by atoms with Crippen molar-refractivity contribution in [1.29, 1.82) is 0 Å². The fourth-order valence-electron chi connectivity index (χ4n) is 3.70. The minimum absolute atomic E-state index is 0.0413. The highest BCUT2D eigenvalue weighted by Crippen LogP contribution is 2.19. The molecule has 1 fully saturated rings. The Hall–Kier alpha value is -3.71. The number of benzene rings is 2. The van der Waals surface area contributed by atoms with E-state index < -0.39 is 0 Å². The number of rotatable bonds is 6. The molecular weight excluding hydrogens is 434 g/mol. The molecular formula is C26H25N3O3S. The summed E-state index contributed by atoms with van der Waals surface area (Å²) in [5.41, 5.74) is 2.48. The van der Waals surface area contributed by atoms with Crippen LogP contribution in [-0.2, 0) is 4.79 Å². The number of thiophene rings is 1. The van der Waals surface area contributed by atoms with Crippen molar-refractivity contribution in [1.82, 2.24) is 10.2 Å². The molecule has 1 aliphatic rings. The van der Waals surface area contributed by atoms with Gasteiger partial charge in [-0.3, -0.25) is 14.4 Å². The molecule has 0 saturated carbocycles. The molecule has 1 aromatic heterocycles. The summed E-state index contributed by atoms with van der Waals surface area (Å²) in [6.45, 7) is 3.97. The average molecular weight is 460 g/mol. The van der Waals surface area contributed by atoms with E-state index in [1.54, 1.807) is 42.2 Å². The zero-order valence-corrected chi connectivity index (χ0v) is 19.2. The van der Waals surface area contributed by atoms with Crippen LogP contribution < -0.4 is 10.2 Å². The van der Waals surface area contributed by atoms with Gasteiger partial charge in [0.05, 0.1) is 0 Å². The third-order valence-electron chi connectivity index (χ3n) is 5.55. The lowest BCUT2D eigenvalue weighted by Crippen LogP contribution is -2.50. The maximum atomic E-state index is 13.3. The Labute approximate surface area is 197 Å². The molecule has 1 aliphatic heterocycles. The van der Waals surface area contributed by atoms with Gasteiger partial charge in [0.25, 0.3) is 11.8 Å². The van der Waals surface area contributed by atoms with Crippen molar-refractivity contribution in [2.75, 3.05) is 31.1 Å². The number of carbonyl (C=O) groups excluding carboxylic acids is 3. The number of carbonyl (C=O) groups is 3. The maximum absolute atomic E-state index is 13.3. The van der Waals surface area contributed by atoms with E-state index >= 15 is 0 Å². The van der Waals surface area contributed by atoms with Crippen molar-refractivity contribution in [2.24, 2.45) is 0 Å². The highest BCUT2D eigenvalue weighted by Gasteiger charge is 2.25. The molecule has 6 nitrogen and oxygen atoms in total. The Bertz CT molecular complexity index is 1150. The van der Waals surface area contributed by atoms with Crippen molar-refractivity contribution >= 4 is 40.7 Å². The molecule has 3 aromatic rings. The zero-order chi connectivity index (χ0) is 23.2. The highest BCUT2D eigenvalue weighted by atomic mass is 32.1. The topological polar surface area (TPSA) is 69.7 Å². The second kappa shape index (κ2) is 10.3. The molecule has 2 aromatic carbocycles. The number of hydrogen-bond acceptors (Lipinski definition) is 5. The van der Waals surface area contributed by atoms with E-state index in [0.29, 0.717) is 37.3 Å². The zero-order valence-electron chi connectivity index (χ0n) is 18.4. The van der Waals surface area contributed by atoms with Gasteiger partial charge in [-0.25, -0.2) is 0 Å². The molecule has 2 amide bonds. The van der Waals surface area contributed by atoms with E-state index in [9.17, 15) is 14.4 Å². The number of Topliss-reactive ketones (excluding diaryl/α,β-unsaturated/α-hetero) is 1. The first-order valence-electron chi connectivity index (χ1n) is 10.8. The Morgan fingerprint density at radius 3 is 2.15 bits per heavy atom. The Balaban J connectivity index is 1.45. The van der Waals surface area contributed by atoms with Crippen LogP contribution in [0.4, 0.5) is 5.69 Å². The highest BCUT2D eigenvalue weighted by molar-refractivity contribution is 7.10. The van der Waals surface area contributed by atoms with Crippen LogP contribution in [0.15, 0.2) is 77.8 Å². The van der Waals surface area contributed by atoms with Gasteiger partial charge in [0, 0.05) is 47.9 Å². The standard InChI is InChI=1S/C26H25N3O3S/c1-19(30)20-9-11-22(12-10-20)28-13-15-29(16-14-28)26(32)24(18-23-8-5-17-33-23)27-25(31)21-6-3-2-4-7-21/h2-12,17-18H,13-16H2,1H3,(H,27,31)/b24-18-. The number of hydrogen-bond donors (Lipinski definition) is 1. The molecule has 0 bridgehead atoms. The van der Waals surface area contributed by atoms with Crippen molar-refractivity contribution in [3.63, 3.8) is 0 Å². The predicted molar refractivity (Wildman–Crippen MR) is 131 cm³/mol.